The Labute approximate surface area is 98.2 Å². The summed E-state index contributed by atoms with van der Waals surface area (Å²) in [7, 11) is 0. The van der Waals surface area contributed by atoms with Crippen LogP contribution in [0.5, 0.6) is 0 Å². The van der Waals surface area contributed by atoms with E-state index in [0.29, 0.717) is 0 Å². The van der Waals surface area contributed by atoms with Gasteiger partial charge in [0.2, 0.25) is 0 Å². The van der Waals surface area contributed by atoms with Crippen LogP contribution in [0.1, 0.15) is 27.2 Å². The molecular weight excluding hydrogens is 235 g/mol. The summed E-state index contributed by atoms with van der Waals surface area (Å²) in [5.41, 5.74) is -0.420. The second kappa shape index (κ2) is 4.58. The molecule has 1 saturated heterocycles. The molecule has 0 unspecified atom stereocenters. The van der Waals surface area contributed by atoms with Crippen LogP contribution in [-0.4, -0.2) is 35.9 Å². The smallest absolute Gasteiger partial charge is 0.410 e. The zero-order valence-corrected chi connectivity index (χ0v) is 10.1. The molecule has 1 heterocycles. The average Bonchev–Trinajstić information content (AvgIpc) is 2.45. The van der Waals surface area contributed by atoms with Crippen LogP contribution in [0.4, 0.5) is 18.0 Å². The number of nitrogens with zero attached hydrogens (tertiary/aromatic N) is 1. The first-order valence-electron chi connectivity index (χ1n) is 5.32. The highest BCUT2D eigenvalue weighted by molar-refractivity contribution is 5.69. The van der Waals surface area contributed by atoms with E-state index in [1.807, 2.05) is 0 Å². The maximum atomic E-state index is 12.1. The van der Waals surface area contributed by atoms with E-state index in [1.54, 1.807) is 20.8 Å². The van der Waals surface area contributed by atoms with Gasteiger partial charge >= 0.3 is 12.3 Å². The van der Waals surface area contributed by atoms with Crippen LogP contribution in [-0.2, 0) is 4.74 Å². The number of rotatable bonds is 0. The lowest BCUT2D eigenvalue weighted by atomic mass is 10.2. The van der Waals surface area contributed by atoms with Gasteiger partial charge in [0.05, 0.1) is 0 Å². The Hall–Kier alpha value is -1.20. The zero-order valence-electron chi connectivity index (χ0n) is 10.1. The molecule has 0 N–H and O–H groups in total. The molecule has 1 fully saturated rings. The second-order valence-corrected chi connectivity index (χ2v) is 5.00. The first kappa shape index (κ1) is 13.9. The van der Waals surface area contributed by atoms with Crippen molar-refractivity contribution in [1.29, 1.82) is 0 Å². The molecule has 0 aromatic carbocycles. The van der Waals surface area contributed by atoms with Crippen molar-refractivity contribution in [2.75, 3.05) is 13.1 Å². The first-order chi connectivity index (χ1) is 7.57. The summed E-state index contributed by atoms with van der Waals surface area (Å²) in [6.45, 7) is 5.42. The predicted octanol–water partition coefficient (Wildman–Crippen LogP) is 3.12. The molecule has 6 heteroatoms. The highest BCUT2D eigenvalue weighted by Gasteiger charge is 2.30. The third-order valence-corrected chi connectivity index (χ3v) is 2.12. The Morgan fingerprint density at radius 1 is 1.35 bits per heavy atom. The lowest BCUT2D eigenvalue weighted by molar-refractivity contribution is -0.0806. The van der Waals surface area contributed by atoms with Crippen molar-refractivity contribution in [2.24, 2.45) is 0 Å². The molecule has 0 spiro atoms. The minimum absolute atomic E-state index is 0.00553. The van der Waals surface area contributed by atoms with Gasteiger partial charge in [-0.1, -0.05) is 0 Å². The summed E-state index contributed by atoms with van der Waals surface area (Å²) in [6, 6.07) is 0. The van der Waals surface area contributed by atoms with Crippen molar-refractivity contribution in [3.63, 3.8) is 0 Å². The number of halogens is 3. The van der Waals surface area contributed by atoms with E-state index < -0.39 is 17.9 Å². The zero-order chi connectivity index (χ0) is 13.3. The van der Waals surface area contributed by atoms with Crippen molar-refractivity contribution in [3.05, 3.63) is 11.6 Å². The highest BCUT2D eigenvalue weighted by atomic mass is 19.4. The standard InChI is InChI=1S/C11H16F3NO2/c1-10(2,3)17-9(16)15-5-4-8(7-15)6-11(12,13)14/h6H,4-5,7H2,1-3H3/b8-6-. The van der Waals surface area contributed by atoms with Crippen molar-refractivity contribution in [1.82, 2.24) is 4.90 Å². The van der Waals surface area contributed by atoms with Crippen LogP contribution >= 0.6 is 0 Å². The van der Waals surface area contributed by atoms with Crippen molar-refractivity contribution < 1.29 is 22.7 Å². The third-order valence-electron chi connectivity index (χ3n) is 2.12. The number of ether oxygens (including phenoxy) is 1. The molecule has 0 aromatic rings. The molecule has 0 aliphatic carbocycles. The van der Waals surface area contributed by atoms with Crippen LogP contribution in [0, 0.1) is 0 Å². The number of hydrogen-bond donors (Lipinski definition) is 0. The number of likely N-dealkylation sites (tertiary alicyclic amines) is 1. The molecule has 0 atom stereocenters. The Bertz CT molecular complexity index is 329. The highest BCUT2D eigenvalue weighted by Crippen LogP contribution is 2.24. The quantitative estimate of drug-likeness (QED) is 0.619. The monoisotopic (exact) mass is 251 g/mol. The van der Waals surface area contributed by atoms with E-state index in [4.69, 9.17) is 4.74 Å². The van der Waals surface area contributed by atoms with Crippen molar-refractivity contribution in [3.8, 4) is 0 Å². The van der Waals surface area contributed by atoms with E-state index in [2.05, 4.69) is 0 Å². The molecule has 0 radical (unpaired) electrons. The summed E-state index contributed by atoms with van der Waals surface area (Å²) in [6.07, 6.45) is -4.38. The van der Waals surface area contributed by atoms with Gasteiger partial charge in [-0.25, -0.2) is 4.79 Å². The molecule has 3 nitrogen and oxygen atoms in total. The number of alkyl halides is 3. The molecule has 0 saturated carbocycles. The molecule has 0 bridgehead atoms. The van der Waals surface area contributed by atoms with Gasteiger partial charge < -0.3 is 9.64 Å². The lowest BCUT2D eigenvalue weighted by Crippen LogP contribution is -2.34. The van der Waals surface area contributed by atoms with Gasteiger partial charge in [0.25, 0.3) is 0 Å². The van der Waals surface area contributed by atoms with E-state index in [1.165, 1.54) is 4.90 Å². The third kappa shape index (κ3) is 5.10. The summed E-state index contributed by atoms with van der Waals surface area (Å²) in [5.74, 6) is 0. The van der Waals surface area contributed by atoms with Crippen LogP contribution in [0.25, 0.3) is 0 Å². The minimum atomic E-state index is -4.32. The van der Waals surface area contributed by atoms with Crippen LogP contribution in [0.2, 0.25) is 0 Å². The summed E-state index contributed by atoms with van der Waals surface area (Å²) in [4.78, 5) is 12.8. The molecule has 0 aromatic heterocycles. The Balaban J connectivity index is 2.57. The minimum Gasteiger partial charge on any atom is -0.444 e. The number of allylic oxidation sites excluding steroid dienone is 1. The van der Waals surface area contributed by atoms with Crippen LogP contribution in [0.3, 0.4) is 0 Å². The molecule has 1 aliphatic rings. The van der Waals surface area contributed by atoms with Crippen molar-refractivity contribution >= 4 is 6.09 Å². The second-order valence-electron chi connectivity index (χ2n) is 5.00. The fourth-order valence-corrected chi connectivity index (χ4v) is 1.51. The molecule has 1 rings (SSSR count). The number of carbonyl (C=O) groups is 1. The van der Waals surface area contributed by atoms with E-state index in [9.17, 15) is 18.0 Å². The van der Waals surface area contributed by atoms with Gasteiger partial charge in [0, 0.05) is 19.2 Å². The summed E-state index contributed by atoms with van der Waals surface area (Å²) in [5, 5.41) is 0. The van der Waals surface area contributed by atoms with Crippen LogP contribution in [0.15, 0.2) is 11.6 Å². The molecule has 98 valence electrons. The maximum Gasteiger partial charge on any atom is 0.410 e. The maximum absolute atomic E-state index is 12.1. The summed E-state index contributed by atoms with van der Waals surface area (Å²) >= 11 is 0. The average molecular weight is 251 g/mol. The predicted molar refractivity (Wildman–Crippen MR) is 56.6 cm³/mol. The van der Waals surface area contributed by atoms with Gasteiger partial charge in [0.1, 0.15) is 5.60 Å². The first-order valence-corrected chi connectivity index (χ1v) is 5.32. The Kier molecular flexibility index (Phi) is 3.74. The molecule has 1 aliphatic heterocycles. The van der Waals surface area contributed by atoms with Gasteiger partial charge in [-0.05, 0) is 32.8 Å². The summed E-state index contributed by atoms with van der Waals surface area (Å²) < 4.78 is 41.4. The number of hydrogen-bond acceptors (Lipinski definition) is 2. The van der Waals surface area contributed by atoms with Gasteiger partial charge in [-0.3, -0.25) is 0 Å². The van der Waals surface area contributed by atoms with Crippen molar-refractivity contribution in [2.45, 2.75) is 39.0 Å². The lowest BCUT2D eigenvalue weighted by Gasteiger charge is -2.23. The van der Waals surface area contributed by atoms with E-state index >= 15 is 0 Å². The normalized spacial score (nSPS) is 19.9. The fourth-order valence-electron chi connectivity index (χ4n) is 1.51. The Morgan fingerprint density at radius 3 is 2.41 bits per heavy atom. The SMILES string of the molecule is CC(C)(C)OC(=O)N1CC/C(=C/C(F)(F)F)C1. The molecular formula is C11H16F3NO2. The molecule has 17 heavy (non-hydrogen) atoms. The van der Waals surface area contributed by atoms with Gasteiger partial charge in [0.15, 0.2) is 0 Å². The topological polar surface area (TPSA) is 29.5 Å². The van der Waals surface area contributed by atoms with Gasteiger partial charge in [-0.15, -0.1) is 0 Å². The van der Waals surface area contributed by atoms with E-state index in [-0.39, 0.29) is 31.2 Å². The van der Waals surface area contributed by atoms with Crippen LogP contribution < -0.4 is 0 Å². The molecule has 1 amide bonds. The largest absolute Gasteiger partial charge is 0.444 e. The number of carbonyl (C=O) groups excluding carboxylic acids is 1. The Morgan fingerprint density at radius 2 is 1.94 bits per heavy atom. The number of amides is 1. The fraction of sp³-hybridized carbons (Fsp3) is 0.727. The van der Waals surface area contributed by atoms with E-state index in [0.717, 1.165) is 0 Å². The van der Waals surface area contributed by atoms with Gasteiger partial charge in [-0.2, -0.15) is 13.2 Å².